The molecule has 0 aliphatic heterocycles. The largest absolute Gasteiger partial charge is 0.0988 e. The molecular weight excluding hydrogens is 168 g/mol. The lowest BCUT2D eigenvalue weighted by molar-refractivity contribution is 0.147. The van der Waals surface area contributed by atoms with Crippen LogP contribution in [0.4, 0.5) is 0 Å². The van der Waals surface area contributed by atoms with Crippen molar-refractivity contribution >= 4 is 0 Å². The van der Waals surface area contributed by atoms with Gasteiger partial charge in [-0.2, -0.15) is 0 Å². The van der Waals surface area contributed by atoms with Crippen LogP contribution >= 0.6 is 0 Å². The highest BCUT2D eigenvalue weighted by molar-refractivity contribution is 5.37. The molecule has 0 saturated heterocycles. The van der Waals surface area contributed by atoms with Gasteiger partial charge in [-0.15, -0.1) is 0 Å². The Kier molecular flexibility index (Phi) is 1.87. The molecule has 0 atom stereocenters. The molecule has 14 heavy (non-hydrogen) atoms. The zero-order valence-electron chi connectivity index (χ0n) is 9.02. The van der Waals surface area contributed by atoms with E-state index in [0.717, 1.165) is 5.92 Å². The maximum Gasteiger partial charge on any atom is -0.00794 e. The predicted molar refractivity (Wildman–Crippen MR) is 60.1 cm³/mol. The Hall–Kier alpha value is -0.520. The molecule has 2 saturated carbocycles. The summed E-state index contributed by atoms with van der Waals surface area (Å²) in [7, 11) is 0. The van der Waals surface area contributed by atoms with E-state index < -0.39 is 0 Å². The molecule has 3 aliphatic rings. The minimum absolute atomic E-state index is 0.683. The summed E-state index contributed by atoms with van der Waals surface area (Å²) in [6.45, 7) is 4.01. The first kappa shape index (κ1) is 8.76. The van der Waals surface area contributed by atoms with E-state index in [1.807, 2.05) is 5.57 Å². The molecule has 0 heteroatoms. The molecule has 76 valence electrons. The van der Waals surface area contributed by atoms with Gasteiger partial charge in [0, 0.05) is 0 Å². The van der Waals surface area contributed by atoms with Crippen LogP contribution in [0.1, 0.15) is 51.4 Å². The smallest absolute Gasteiger partial charge is 0.00794 e. The Balaban J connectivity index is 2.00. The van der Waals surface area contributed by atoms with Crippen LogP contribution in [0.3, 0.4) is 0 Å². The third kappa shape index (κ3) is 1.12. The van der Waals surface area contributed by atoms with Crippen molar-refractivity contribution in [1.29, 1.82) is 0 Å². The summed E-state index contributed by atoms with van der Waals surface area (Å²) in [5.41, 5.74) is 4.19. The fourth-order valence-corrected chi connectivity index (χ4v) is 3.63. The predicted octanol–water partition coefficient (Wildman–Crippen LogP) is 4.23. The van der Waals surface area contributed by atoms with Crippen LogP contribution in [0.25, 0.3) is 0 Å². The van der Waals surface area contributed by atoms with E-state index >= 15 is 0 Å². The van der Waals surface area contributed by atoms with Gasteiger partial charge in [0.1, 0.15) is 0 Å². The first-order valence-corrected chi connectivity index (χ1v) is 6.22. The van der Waals surface area contributed by atoms with Gasteiger partial charge in [-0.25, -0.2) is 0 Å². The SMILES string of the molecule is C=CC1=C(C2CC2)C2(CCC1)CCC2. The van der Waals surface area contributed by atoms with Crippen molar-refractivity contribution in [3.8, 4) is 0 Å². The highest BCUT2D eigenvalue weighted by Crippen LogP contribution is 2.60. The van der Waals surface area contributed by atoms with Gasteiger partial charge in [0.05, 0.1) is 0 Å². The molecule has 0 aromatic carbocycles. The molecular formula is C14H20. The maximum absolute atomic E-state index is 4.01. The molecule has 0 heterocycles. The van der Waals surface area contributed by atoms with E-state index in [0.29, 0.717) is 5.41 Å². The van der Waals surface area contributed by atoms with Gasteiger partial charge in [-0.05, 0) is 61.9 Å². The minimum Gasteiger partial charge on any atom is -0.0988 e. The zero-order chi connectivity index (χ0) is 9.60. The maximum atomic E-state index is 4.01. The van der Waals surface area contributed by atoms with Gasteiger partial charge in [-0.1, -0.05) is 24.6 Å². The molecule has 0 radical (unpaired) electrons. The van der Waals surface area contributed by atoms with Crippen LogP contribution in [-0.2, 0) is 0 Å². The van der Waals surface area contributed by atoms with Crippen LogP contribution in [0.15, 0.2) is 23.8 Å². The second kappa shape index (κ2) is 2.98. The number of allylic oxidation sites excluding steroid dienone is 3. The Labute approximate surface area is 87.1 Å². The monoisotopic (exact) mass is 188 g/mol. The molecule has 0 aromatic heterocycles. The van der Waals surface area contributed by atoms with Crippen molar-refractivity contribution in [2.45, 2.75) is 51.4 Å². The van der Waals surface area contributed by atoms with Crippen molar-refractivity contribution in [3.63, 3.8) is 0 Å². The van der Waals surface area contributed by atoms with E-state index in [1.54, 1.807) is 5.57 Å². The quantitative estimate of drug-likeness (QED) is 0.608. The van der Waals surface area contributed by atoms with Crippen molar-refractivity contribution in [2.24, 2.45) is 11.3 Å². The van der Waals surface area contributed by atoms with Gasteiger partial charge in [0.2, 0.25) is 0 Å². The number of rotatable bonds is 2. The minimum atomic E-state index is 0.683. The lowest BCUT2D eigenvalue weighted by Gasteiger charge is -2.48. The molecule has 3 rings (SSSR count). The summed E-state index contributed by atoms with van der Waals surface area (Å²) in [5.74, 6) is 0.976. The third-order valence-corrected chi connectivity index (χ3v) is 4.56. The number of hydrogen-bond acceptors (Lipinski definition) is 0. The van der Waals surface area contributed by atoms with Crippen LogP contribution in [0.2, 0.25) is 0 Å². The topological polar surface area (TPSA) is 0 Å². The van der Waals surface area contributed by atoms with E-state index in [-0.39, 0.29) is 0 Å². The zero-order valence-corrected chi connectivity index (χ0v) is 9.02. The standard InChI is InChI=1S/C14H20/c1-2-11-5-3-8-14(9-4-10-14)13(11)12-6-7-12/h2,12H,1,3-10H2. The summed E-state index contributed by atoms with van der Waals surface area (Å²) in [4.78, 5) is 0. The highest BCUT2D eigenvalue weighted by atomic mass is 14.5. The molecule has 0 amide bonds. The summed E-state index contributed by atoms with van der Waals surface area (Å²) in [6, 6.07) is 0. The summed E-state index contributed by atoms with van der Waals surface area (Å²) < 4.78 is 0. The van der Waals surface area contributed by atoms with Crippen molar-refractivity contribution in [1.82, 2.24) is 0 Å². The Morgan fingerprint density at radius 3 is 2.36 bits per heavy atom. The van der Waals surface area contributed by atoms with Crippen LogP contribution in [0.5, 0.6) is 0 Å². The molecule has 0 N–H and O–H groups in total. The molecule has 0 unspecified atom stereocenters. The lowest BCUT2D eigenvalue weighted by atomic mass is 9.57. The Morgan fingerprint density at radius 2 is 1.86 bits per heavy atom. The number of hydrogen-bond donors (Lipinski definition) is 0. The summed E-state index contributed by atoms with van der Waals surface area (Å²) in [6.07, 6.45) is 13.7. The van der Waals surface area contributed by atoms with Gasteiger partial charge in [0.25, 0.3) is 0 Å². The van der Waals surface area contributed by atoms with Crippen LogP contribution < -0.4 is 0 Å². The third-order valence-electron chi connectivity index (χ3n) is 4.56. The summed E-state index contributed by atoms with van der Waals surface area (Å²) >= 11 is 0. The van der Waals surface area contributed by atoms with Gasteiger partial charge >= 0.3 is 0 Å². The second-order valence-electron chi connectivity index (χ2n) is 5.40. The van der Waals surface area contributed by atoms with Crippen LogP contribution in [0, 0.1) is 11.3 Å². The average Bonchev–Trinajstić information content (AvgIpc) is 2.97. The Morgan fingerprint density at radius 1 is 1.14 bits per heavy atom. The molecule has 2 fully saturated rings. The lowest BCUT2D eigenvalue weighted by Crippen LogP contribution is -2.35. The van der Waals surface area contributed by atoms with Crippen molar-refractivity contribution < 1.29 is 0 Å². The normalized spacial score (nSPS) is 30.3. The molecule has 3 aliphatic carbocycles. The van der Waals surface area contributed by atoms with Gasteiger partial charge in [-0.3, -0.25) is 0 Å². The van der Waals surface area contributed by atoms with E-state index in [2.05, 4.69) is 12.7 Å². The highest BCUT2D eigenvalue weighted by Gasteiger charge is 2.47. The second-order valence-corrected chi connectivity index (χ2v) is 5.40. The first-order chi connectivity index (χ1) is 6.86. The fraction of sp³-hybridized carbons (Fsp3) is 0.714. The molecule has 0 aromatic rings. The van der Waals surface area contributed by atoms with Crippen LogP contribution in [-0.4, -0.2) is 0 Å². The molecule has 0 nitrogen and oxygen atoms in total. The molecule has 1 spiro atoms. The molecule has 0 bridgehead atoms. The van der Waals surface area contributed by atoms with E-state index in [9.17, 15) is 0 Å². The van der Waals surface area contributed by atoms with Gasteiger partial charge in [0.15, 0.2) is 0 Å². The average molecular weight is 188 g/mol. The van der Waals surface area contributed by atoms with E-state index in [4.69, 9.17) is 0 Å². The fourth-order valence-electron chi connectivity index (χ4n) is 3.63. The van der Waals surface area contributed by atoms with Crippen molar-refractivity contribution in [2.75, 3.05) is 0 Å². The first-order valence-electron chi connectivity index (χ1n) is 6.22. The van der Waals surface area contributed by atoms with E-state index in [1.165, 1.54) is 51.4 Å². The summed E-state index contributed by atoms with van der Waals surface area (Å²) in [5, 5.41) is 0. The Bertz CT molecular complexity index is 287. The van der Waals surface area contributed by atoms with Crippen molar-refractivity contribution in [3.05, 3.63) is 23.8 Å². The van der Waals surface area contributed by atoms with Gasteiger partial charge < -0.3 is 0 Å².